The van der Waals surface area contributed by atoms with E-state index in [9.17, 15) is 0 Å². The van der Waals surface area contributed by atoms with Gasteiger partial charge in [-0.3, -0.25) is 9.05 Å². The first kappa shape index (κ1) is 19.3. The van der Waals surface area contributed by atoms with E-state index in [2.05, 4.69) is 0 Å². The van der Waals surface area contributed by atoms with E-state index in [0.29, 0.717) is 34.6 Å². The van der Waals surface area contributed by atoms with Crippen LogP contribution in [0.5, 0.6) is 0 Å². The summed E-state index contributed by atoms with van der Waals surface area (Å²) in [4.78, 5) is 0. The zero-order chi connectivity index (χ0) is 15.9. The zero-order valence-corrected chi connectivity index (χ0v) is 16.0. The van der Waals surface area contributed by atoms with Gasteiger partial charge in [0.1, 0.15) is 5.76 Å². The second kappa shape index (κ2) is 9.41. The Morgan fingerprint density at radius 3 is 2.38 bits per heavy atom. The van der Waals surface area contributed by atoms with E-state index in [1.807, 2.05) is 25.5 Å². The molecular weight excluding hydrogens is 370 g/mol. The molecule has 0 aliphatic heterocycles. The van der Waals surface area contributed by atoms with E-state index in [4.69, 9.17) is 48.6 Å². The third-order valence-electron chi connectivity index (χ3n) is 2.21. The van der Waals surface area contributed by atoms with Crippen LogP contribution in [-0.2, 0) is 25.4 Å². The molecule has 1 aromatic rings. The van der Waals surface area contributed by atoms with E-state index in [1.165, 1.54) is 11.8 Å². The van der Waals surface area contributed by atoms with Gasteiger partial charge in [-0.2, -0.15) is 0 Å². The third kappa shape index (κ3) is 6.11. The Balaban J connectivity index is 3.12. The minimum atomic E-state index is -2.84. The van der Waals surface area contributed by atoms with Crippen molar-refractivity contribution in [3.63, 3.8) is 0 Å². The van der Waals surface area contributed by atoms with Crippen LogP contribution >= 0.6 is 41.7 Å². The maximum atomic E-state index is 6.23. The second-order valence-corrected chi connectivity index (χ2v) is 8.20. The first-order valence-electron chi connectivity index (χ1n) is 6.22. The summed E-state index contributed by atoms with van der Waals surface area (Å²) in [6.45, 7) is 1.68. The molecule has 0 bridgehead atoms. The number of hydrogen-bond acceptors (Lipinski definition) is 5. The highest BCUT2D eigenvalue weighted by Gasteiger charge is 2.24. The SMILES string of the molecule is CCOP(=S)(OCC)OC(=CSC)c1ccc(Cl)cc1Cl. The molecule has 0 aromatic heterocycles. The Morgan fingerprint density at radius 2 is 1.90 bits per heavy atom. The third-order valence-corrected chi connectivity index (χ3v) is 5.63. The number of rotatable bonds is 8. The standard InChI is InChI=1S/C13H17Cl2O3PS2/c1-4-16-19(20,17-5-2)18-13(9-21-3)11-7-6-10(14)8-12(11)15/h6-9H,4-5H2,1-3H3. The van der Waals surface area contributed by atoms with Gasteiger partial charge in [-0.1, -0.05) is 23.2 Å². The Morgan fingerprint density at radius 1 is 1.29 bits per heavy atom. The number of halogens is 2. The predicted molar refractivity (Wildman–Crippen MR) is 96.6 cm³/mol. The van der Waals surface area contributed by atoms with Crippen LogP contribution in [0, 0.1) is 0 Å². The summed E-state index contributed by atoms with van der Waals surface area (Å²) in [5.41, 5.74) is 0.698. The topological polar surface area (TPSA) is 27.7 Å². The van der Waals surface area contributed by atoms with Gasteiger partial charge < -0.3 is 4.52 Å². The van der Waals surface area contributed by atoms with Crippen LogP contribution < -0.4 is 0 Å². The maximum absolute atomic E-state index is 6.23. The van der Waals surface area contributed by atoms with Crippen LogP contribution in [0.3, 0.4) is 0 Å². The maximum Gasteiger partial charge on any atom is 0.380 e. The summed E-state index contributed by atoms with van der Waals surface area (Å²) in [7, 11) is 0. The minimum absolute atomic E-state index is 0.415. The number of thioether (sulfide) groups is 1. The van der Waals surface area contributed by atoms with Gasteiger partial charge in [-0.15, -0.1) is 11.8 Å². The monoisotopic (exact) mass is 386 g/mol. The van der Waals surface area contributed by atoms with Crippen molar-refractivity contribution in [2.24, 2.45) is 0 Å². The summed E-state index contributed by atoms with van der Waals surface area (Å²) < 4.78 is 16.8. The molecule has 21 heavy (non-hydrogen) atoms. The van der Waals surface area contributed by atoms with Crippen molar-refractivity contribution in [2.45, 2.75) is 13.8 Å². The van der Waals surface area contributed by atoms with Crippen molar-refractivity contribution in [2.75, 3.05) is 19.5 Å². The van der Waals surface area contributed by atoms with Gasteiger partial charge in [0, 0.05) is 27.8 Å². The highest BCUT2D eigenvalue weighted by Crippen LogP contribution is 2.53. The van der Waals surface area contributed by atoms with Crippen LogP contribution in [0.15, 0.2) is 23.6 Å². The normalized spacial score (nSPS) is 12.5. The van der Waals surface area contributed by atoms with E-state index >= 15 is 0 Å². The van der Waals surface area contributed by atoms with E-state index < -0.39 is 6.72 Å². The highest BCUT2D eigenvalue weighted by atomic mass is 35.5. The average Bonchev–Trinajstić information content (AvgIpc) is 2.38. The quantitative estimate of drug-likeness (QED) is 0.405. The fraction of sp³-hybridized carbons (Fsp3) is 0.385. The summed E-state index contributed by atoms with van der Waals surface area (Å²) >= 11 is 19.0. The molecular formula is C13H17Cl2O3PS2. The molecule has 8 heteroatoms. The summed E-state index contributed by atoms with van der Waals surface area (Å²) in [6, 6.07) is 5.18. The van der Waals surface area contributed by atoms with Crippen LogP contribution in [0.1, 0.15) is 19.4 Å². The van der Waals surface area contributed by atoms with Gasteiger partial charge in [-0.05, 0) is 38.3 Å². The molecule has 0 amide bonds. The summed E-state index contributed by atoms with van der Waals surface area (Å²) in [6.07, 6.45) is 1.91. The van der Waals surface area contributed by atoms with E-state index in [-0.39, 0.29) is 0 Å². The zero-order valence-electron chi connectivity index (χ0n) is 12.0. The molecule has 0 atom stereocenters. The Labute approximate surface area is 145 Å². The molecule has 0 radical (unpaired) electrons. The molecule has 0 aliphatic carbocycles. The van der Waals surface area contributed by atoms with Crippen molar-refractivity contribution in [3.05, 3.63) is 39.2 Å². The smallest absolute Gasteiger partial charge is 0.380 e. The van der Waals surface area contributed by atoms with Crippen LogP contribution in [0.4, 0.5) is 0 Å². The van der Waals surface area contributed by atoms with Crippen molar-refractivity contribution in [3.8, 4) is 0 Å². The largest absolute Gasteiger partial charge is 0.423 e. The van der Waals surface area contributed by atoms with Crippen molar-refractivity contribution < 1.29 is 13.6 Å². The van der Waals surface area contributed by atoms with Gasteiger partial charge in [-0.25, -0.2) is 0 Å². The summed E-state index contributed by atoms with van der Waals surface area (Å²) in [5.74, 6) is 0.523. The Hall–Kier alpha value is 0.260. The lowest BCUT2D eigenvalue weighted by Gasteiger charge is -2.23. The molecule has 0 unspecified atom stereocenters. The molecule has 0 N–H and O–H groups in total. The van der Waals surface area contributed by atoms with Gasteiger partial charge in [0.15, 0.2) is 0 Å². The average molecular weight is 387 g/mol. The molecule has 0 heterocycles. The lowest BCUT2D eigenvalue weighted by Crippen LogP contribution is -2.00. The molecule has 1 aromatic carbocycles. The van der Waals surface area contributed by atoms with Gasteiger partial charge in [0.05, 0.1) is 18.2 Å². The number of benzene rings is 1. The Bertz CT molecular complexity index is 542. The first-order chi connectivity index (χ1) is 9.95. The Kier molecular flexibility index (Phi) is 8.65. The molecule has 0 spiro atoms. The molecule has 118 valence electrons. The van der Waals surface area contributed by atoms with Crippen LogP contribution in [0.25, 0.3) is 5.76 Å². The summed E-state index contributed by atoms with van der Waals surface area (Å²) in [5, 5.41) is 2.85. The fourth-order valence-corrected chi connectivity index (χ4v) is 4.50. The molecule has 0 aliphatic rings. The van der Waals surface area contributed by atoms with Crippen molar-refractivity contribution in [1.82, 2.24) is 0 Å². The van der Waals surface area contributed by atoms with Gasteiger partial charge in [0.2, 0.25) is 0 Å². The highest BCUT2D eigenvalue weighted by molar-refractivity contribution is 8.07. The molecule has 3 nitrogen and oxygen atoms in total. The van der Waals surface area contributed by atoms with E-state index in [1.54, 1.807) is 18.2 Å². The number of hydrogen-bond donors (Lipinski definition) is 0. The van der Waals surface area contributed by atoms with Gasteiger partial charge >= 0.3 is 6.72 Å². The van der Waals surface area contributed by atoms with E-state index in [0.717, 1.165) is 0 Å². The lowest BCUT2D eigenvalue weighted by atomic mass is 10.2. The van der Waals surface area contributed by atoms with Crippen LogP contribution in [-0.4, -0.2) is 19.5 Å². The fourth-order valence-electron chi connectivity index (χ4n) is 1.46. The second-order valence-electron chi connectivity index (χ2n) is 3.72. The molecule has 0 saturated heterocycles. The minimum Gasteiger partial charge on any atom is -0.423 e. The molecule has 0 saturated carbocycles. The lowest BCUT2D eigenvalue weighted by molar-refractivity contribution is 0.210. The van der Waals surface area contributed by atoms with Gasteiger partial charge in [0.25, 0.3) is 0 Å². The van der Waals surface area contributed by atoms with Crippen LogP contribution in [0.2, 0.25) is 10.0 Å². The molecule has 0 fully saturated rings. The van der Waals surface area contributed by atoms with Crippen molar-refractivity contribution in [1.29, 1.82) is 0 Å². The van der Waals surface area contributed by atoms with Crippen molar-refractivity contribution >= 4 is 59.2 Å². The predicted octanol–water partition coefficient (Wildman–Crippen LogP) is 5.97. The molecule has 1 rings (SSSR count). The first-order valence-corrected chi connectivity index (χ1v) is 10.8.